The van der Waals surface area contributed by atoms with Crippen molar-refractivity contribution in [2.45, 2.75) is 18.1 Å². The van der Waals surface area contributed by atoms with Gasteiger partial charge in [-0.25, -0.2) is 0 Å². The second-order valence-corrected chi connectivity index (χ2v) is 7.29. The van der Waals surface area contributed by atoms with Crippen LogP contribution in [0.25, 0.3) is 16.5 Å². The molecule has 1 N–H and O–H groups in total. The fraction of sp³-hybridized carbons (Fsp3) is 0.190. The van der Waals surface area contributed by atoms with E-state index < -0.39 is 0 Å². The molecule has 0 fully saturated rings. The van der Waals surface area contributed by atoms with Gasteiger partial charge in [-0.2, -0.15) is 4.68 Å². The SMILES string of the molecule is c1ccc(-n2nnnc2SCCCNCc2cccc3ccccc23)cc1. The molecule has 1 aromatic heterocycles. The van der Waals surface area contributed by atoms with E-state index in [0.29, 0.717) is 0 Å². The van der Waals surface area contributed by atoms with E-state index in [1.165, 1.54) is 16.3 Å². The minimum Gasteiger partial charge on any atom is -0.313 e. The summed E-state index contributed by atoms with van der Waals surface area (Å²) < 4.78 is 1.79. The number of para-hydroxylation sites is 1. The molecular formula is C21H21N5S. The van der Waals surface area contributed by atoms with Crippen LogP contribution in [-0.2, 0) is 6.54 Å². The van der Waals surface area contributed by atoms with Crippen LogP contribution in [-0.4, -0.2) is 32.5 Å². The van der Waals surface area contributed by atoms with Crippen molar-refractivity contribution in [1.29, 1.82) is 0 Å². The molecule has 0 saturated heterocycles. The van der Waals surface area contributed by atoms with Crippen LogP contribution in [0.2, 0.25) is 0 Å². The summed E-state index contributed by atoms with van der Waals surface area (Å²) in [6, 6.07) is 25.0. The Morgan fingerprint density at radius 2 is 1.70 bits per heavy atom. The zero-order chi connectivity index (χ0) is 18.3. The first-order valence-corrected chi connectivity index (χ1v) is 10.0. The van der Waals surface area contributed by atoms with E-state index >= 15 is 0 Å². The number of nitrogens with zero attached hydrogens (tertiary/aromatic N) is 4. The largest absolute Gasteiger partial charge is 0.313 e. The average molecular weight is 376 g/mol. The minimum atomic E-state index is 0.829. The van der Waals surface area contributed by atoms with Crippen molar-refractivity contribution in [2.75, 3.05) is 12.3 Å². The molecular weight excluding hydrogens is 354 g/mol. The second kappa shape index (κ2) is 8.79. The van der Waals surface area contributed by atoms with Gasteiger partial charge in [-0.3, -0.25) is 0 Å². The number of fused-ring (bicyclic) bond motifs is 1. The molecule has 0 unspecified atom stereocenters. The van der Waals surface area contributed by atoms with E-state index in [1.54, 1.807) is 16.4 Å². The number of thioether (sulfide) groups is 1. The van der Waals surface area contributed by atoms with Crippen LogP contribution in [0.15, 0.2) is 78.0 Å². The molecule has 0 amide bonds. The summed E-state index contributed by atoms with van der Waals surface area (Å²) in [4.78, 5) is 0. The van der Waals surface area contributed by atoms with Gasteiger partial charge >= 0.3 is 0 Å². The molecule has 5 nitrogen and oxygen atoms in total. The van der Waals surface area contributed by atoms with Crippen molar-refractivity contribution >= 4 is 22.5 Å². The summed E-state index contributed by atoms with van der Waals surface area (Å²) in [5.74, 6) is 0.968. The van der Waals surface area contributed by atoms with Gasteiger partial charge in [0, 0.05) is 12.3 Å². The first-order valence-electron chi connectivity index (χ1n) is 9.06. The van der Waals surface area contributed by atoms with Gasteiger partial charge in [0.1, 0.15) is 0 Å². The standard InChI is InChI=1S/C21H21N5S/c1-2-11-19(12-3-1)26-21(23-24-25-26)27-15-7-14-22-16-18-10-6-9-17-8-4-5-13-20(17)18/h1-6,8-13,22H,7,14-16H2. The van der Waals surface area contributed by atoms with E-state index in [4.69, 9.17) is 0 Å². The topological polar surface area (TPSA) is 55.6 Å². The zero-order valence-electron chi connectivity index (χ0n) is 15.0. The maximum atomic E-state index is 4.14. The van der Waals surface area contributed by atoms with Gasteiger partial charge < -0.3 is 5.32 Å². The lowest BCUT2D eigenvalue weighted by Crippen LogP contribution is -2.15. The number of tetrazole rings is 1. The van der Waals surface area contributed by atoms with Crippen LogP contribution in [0.1, 0.15) is 12.0 Å². The quantitative estimate of drug-likeness (QED) is 0.371. The van der Waals surface area contributed by atoms with E-state index in [9.17, 15) is 0 Å². The highest BCUT2D eigenvalue weighted by Crippen LogP contribution is 2.19. The molecule has 27 heavy (non-hydrogen) atoms. The lowest BCUT2D eigenvalue weighted by molar-refractivity contribution is 0.680. The van der Waals surface area contributed by atoms with Crippen LogP contribution in [0.3, 0.4) is 0 Å². The van der Waals surface area contributed by atoms with Crippen molar-refractivity contribution in [2.24, 2.45) is 0 Å². The normalized spacial score (nSPS) is 11.1. The fourth-order valence-corrected chi connectivity index (χ4v) is 3.86. The predicted octanol–water partition coefficient (Wildman–Crippen LogP) is 4.09. The van der Waals surface area contributed by atoms with Crippen molar-refractivity contribution in [1.82, 2.24) is 25.5 Å². The van der Waals surface area contributed by atoms with E-state index in [2.05, 4.69) is 63.3 Å². The minimum absolute atomic E-state index is 0.829. The van der Waals surface area contributed by atoms with Crippen LogP contribution in [0.5, 0.6) is 0 Å². The fourth-order valence-electron chi connectivity index (χ4n) is 3.03. The smallest absolute Gasteiger partial charge is 0.214 e. The molecule has 0 radical (unpaired) electrons. The van der Waals surface area contributed by atoms with Gasteiger partial charge in [0.25, 0.3) is 0 Å². The Bertz CT molecular complexity index is 994. The van der Waals surface area contributed by atoms with Gasteiger partial charge in [-0.1, -0.05) is 72.4 Å². The average Bonchev–Trinajstić information content (AvgIpc) is 3.20. The van der Waals surface area contributed by atoms with Crippen molar-refractivity contribution in [3.63, 3.8) is 0 Å². The third-order valence-electron chi connectivity index (χ3n) is 4.37. The van der Waals surface area contributed by atoms with E-state index in [1.807, 2.05) is 30.3 Å². The maximum Gasteiger partial charge on any atom is 0.214 e. The van der Waals surface area contributed by atoms with Crippen LogP contribution in [0, 0.1) is 0 Å². The number of nitrogens with one attached hydrogen (secondary N) is 1. The predicted molar refractivity (Wildman–Crippen MR) is 110 cm³/mol. The van der Waals surface area contributed by atoms with E-state index in [0.717, 1.165) is 36.1 Å². The Kier molecular flexibility index (Phi) is 5.76. The number of aromatic nitrogens is 4. The molecule has 6 heteroatoms. The Morgan fingerprint density at radius 3 is 2.63 bits per heavy atom. The molecule has 0 aliphatic rings. The molecule has 3 aromatic carbocycles. The van der Waals surface area contributed by atoms with Gasteiger partial charge in [0.15, 0.2) is 0 Å². The molecule has 136 valence electrons. The zero-order valence-corrected chi connectivity index (χ0v) is 15.8. The number of hydrogen-bond donors (Lipinski definition) is 1. The van der Waals surface area contributed by atoms with Gasteiger partial charge in [0.05, 0.1) is 5.69 Å². The first kappa shape index (κ1) is 17.7. The second-order valence-electron chi connectivity index (χ2n) is 6.23. The molecule has 0 bridgehead atoms. The third-order valence-corrected chi connectivity index (χ3v) is 5.37. The Morgan fingerprint density at radius 1 is 0.889 bits per heavy atom. The lowest BCUT2D eigenvalue weighted by atomic mass is 10.0. The summed E-state index contributed by atoms with van der Waals surface area (Å²) in [5.41, 5.74) is 2.33. The van der Waals surface area contributed by atoms with Crippen LogP contribution >= 0.6 is 11.8 Å². The Hall–Kier alpha value is -2.70. The van der Waals surface area contributed by atoms with Crippen molar-refractivity contribution in [3.05, 3.63) is 78.4 Å². The van der Waals surface area contributed by atoms with Crippen molar-refractivity contribution in [3.8, 4) is 5.69 Å². The maximum absolute atomic E-state index is 4.14. The highest BCUT2D eigenvalue weighted by molar-refractivity contribution is 7.99. The Balaban J connectivity index is 1.25. The third kappa shape index (κ3) is 4.35. The molecule has 0 atom stereocenters. The van der Waals surface area contributed by atoms with Crippen LogP contribution in [0.4, 0.5) is 0 Å². The highest BCUT2D eigenvalue weighted by atomic mass is 32.2. The number of rotatable bonds is 8. The molecule has 4 aromatic rings. The Labute approximate surface area is 162 Å². The molecule has 0 aliphatic carbocycles. The van der Waals surface area contributed by atoms with E-state index in [-0.39, 0.29) is 0 Å². The molecule has 0 aliphatic heterocycles. The van der Waals surface area contributed by atoms with Crippen molar-refractivity contribution < 1.29 is 0 Å². The van der Waals surface area contributed by atoms with Gasteiger partial charge in [-0.15, -0.1) is 5.10 Å². The molecule has 0 saturated carbocycles. The summed E-state index contributed by atoms with van der Waals surface area (Å²) in [5, 5.41) is 19.0. The molecule has 4 rings (SSSR count). The summed E-state index contributed by atoms with van der Waals surface area (Å²) in [7, 11) is 0. The molecule has 0 spiro atoms. The number of benzene rings is 3. The molecule has 1 heterocycles. The first-order chi connectivity index (χ1) is 13.4. The summed E-state index contributed by atoms with van der Waals surface area (Å²) in [6.45, 7) is 1.84. The monoisotopic (exact) mass is 375 g/mol. The highest BCUT2D eigenvalue weighted by Gasteiger charge is 2.08. The summed E-state index contributed by atoms with van der Waals surface area (Å²) in [6.07, 6.45) is 1.05. The lowest BCUT2D eigenvalue weighted by Gasteiger charge is -2.08. The van der Waals surface area contributed by atoms with Gasteiger partial charge in [0.2, 0.25) is 5.16 Å². The van der Waals surface area contributed by atoms with Crippen LogP contribution < -0.4 is 5.32 Å². The number of hydrogen-bond acceptors (Lipinski definition) is 5. The summed E-state index contributed by atoms with van der Waals surface area (Å²) >= 11 is 1.68. The van der Waals surface area contributed by atoms with Gasteiger partial charge in [-0.05, 0) is 51.9 Å².